The first kappa shape index (κ1) is 23.8. The first-order chi connectivity index (χ1) is 15.2. The van der Waals surface area contributed by atoms with Gasteiger partial charge in [-0.1, -0.05) is 60.0 Å². The van der Waals surface area contributed by atoms with Gasteiger partial charge >= 0.3 is 0 Å². The van der Waals surface area contributed by atoms with Gasteiger partial charge in [-0.2, -0.15) is 0 Å². The number of aromatic nitrogens is 1. The van der Waals surface area contributed by atoms with Crippen LogP contribution in [0.25, 0.3) is 5.57 Å². The number of rotatable bonds is 8. The van der Waals surface area contributed by atoms with Gasteiger partial charge in [-0.25, -0.2) is 21.2 Å². The Labute approximate surface area is 188 Å². The Kier molecular flexibility index (Phi) is 7.22. The van der Waals surface area contributed by atoms with E-state index in [1.165, 1.54) is 60.9 Å². The molecule has 0 saturated carbocycles. The molecule has 32 heavy (non-hydrogen) atoms. The summed E-state index contributed by atoms with van der Waals surface area (Å²) >= 11 is 0. The molecule has 0 aliphatic heterocycles. The lowest BCUT2D eigenvalue weighted by molar-refractivity contribution is 0.480. The zero-order chi connectivity index (χ0) is 23.4. The van der Waals surface area contributed by atoms with Gasteiger partial charge in [-0.05, 0) is 47.4 Å². The fourth-order valence-electron chi connectivity index (χ4n) is 3.24. The van der Waals surface area contributed by atoms with Crippen LogP contribution in [0.3, 0.4) is 0 Å². The zero-order valence-electron chi connectivity index (χ0n) is 17.6. The summed E-state index contributed by atoms with van der Waals surface area (Å²) in [5, 5.41) is 0. The Hall–Kier alpha value is -2.88. The zero-order valence-corrected chi connectivity index (χ0v) is 19.2. The van der Waals surface area contributed by atoms with Gasteiger partial charge in [-0.15, -0.1) is 0 Å². The minimum atomic E-state index is -4.59. The van der Waals surface area contributed by atoms with Crippen molar-refractivity contribution in [1.82, 2.24) is 8.69 Å². The molecule has 6 nitrogen and oxygen atoms in total. The summed E-state index contributed by atoms with van der Waals surface area (Å²) in [4.78, 5) is 3.49. The molecule has 9 heteroatoms. The second kappa shape index (κ2) is 9.72. The molecule has 0 saturated heterocycles. The van der Waals surface area contributed by atoms with E-state index in [2.05, 4.69) is 4.98 Å². The molecular formula is C23H23FN2O4S2. The van der Waals surface area contributed by atoms with Gasteiger partial charge in [0.25, 0.3) is 20.0 Å². The Morgan fingerprint density at radius 3 is 1.75 bits per heavy atom. The quantitative estimate of drug-likeness (QED) is 0.480. The lowest BCUT2D eigenvalue weighted by Crippen LogP contribution is -2.38. The first-order valence-corrected chi connectivity index (χ1v) is 12.7. The molecule has 0 unspecified atom stereocenters. The van der Waals surface area contributed by atoms with E-state index in [0.29, 0.717) is 5.56 Å². The monoisotopic (exact) mass is 474 g/mol. The Bertz CT molecular complexity index is 1220. The van der Waals surface area contributed by atoms with Gasteiger partial charge in [0.15, 0.2) is 0 Å². The Morgan fingerprint density at radius 2 is 1.34 bits per heavy atom. The fourth-order valence-corrected chi connectivity index (χ4v) is 6.83. The highest BCUT2D eigenvalue weighted by atomic mass is 32.3. The van der Waals surface area contributed by atoms with Crippen LogP contribution < -0.4 is 0 Å². The summed E-state index contributed by atoms with van der Waals surface area (Å²) in [5.41, 5.74) is 0.642. The molecule has 3 aromatic rings. The minimum absolute atomic E-state index is 0.189. The molecule has 168 valence electrons. The Morgan fingerprint density at radius 1 is 0.844 bits per heavy atom. The summed E-state index contributed by atoms with van der Waals surface area (Å²) in [5.74, 6) is -1.22. The average molecular weight is 475 g/mol. The van der Waals surface area contributed by atoms with Crippen molar-refractivity contribution in [2.24, 2.45) is 5.92 Å². The number of sulfonamides is 2. The highest BCUT2D eigenvalue weighted by Crippen LogP contribution is 2.31. The summed E-state index contributed by atoms with van der Waals surface area (Å²) in [7, 11) is -9.18. The standard InChI is InChI=1S/C23H23FN2O4S2/c1-18(2)23(19-10-9-15-25-16-19)22(24)17-26(31(27,28)20-11-5-3-6-12-20)32(29,30)21-13-7-4-8-14-21/h3-16,18H,17H2,1-2H3/b23-22+. The van der Waals surface area contributed by atoms with Gasteiger partial charge in [0.2, 0.25) is 0 Å². The fraction of sp³-hybridized carbons (Fsp3) is 0.174. The third kappa shape index (κ3) is 4.95. The second-order valence-corrected chi connectivity index (χ2v) is 11.2. The van der Waals surface area contributed by atoms with Crippen molar-refractivity contribution in [2.45, 2.75) is 23.6 Å². The SMILES string of the molecule is CC(C)/C(=C(\F)CN(S(=O)(=O)c1ccccc1)S(=O)(=O)c1ccccc1)c1cccnc1. The van der Waals surface area contributed by atoms with Crippen molar-refractivity contribution in [3.8, 4) is 0 Å². The summed E-state index contributed by atoms with van der Waals surface area (Å²) in [6.45, 7) is 2.50. The predicted molar refractivity (Wildman–Crippen MR) is 121 cm³/mol. The molecule has 0 atom stereocenters. The first-order valence-electron chi connectivity index (χ1n) is 9.82. The predicted octanol–water partition coefficient (Wildman–Crippen LogP) is 4.50. The minimum Gasteiger partial charge on any atom is -0.264 e. The lowest BCUT2D eigenvalue weighted by Gasteiger charge is -2.23. The van der Waals surface area contributed by atoms with Crippen LogP contribution in [0.1, 0.15) is 19.4 Å². The number of hydrogen-bond acceptors (Lipinski definition) is 5. The topological polar surface area (TPSA) is 84.4 Å². The van der Waals surface area contributed by atoms with Gasteiger partial charge < -0.3 is 0 Å². The Balaban J connectivity index is 2.20. The van der Waals surface area contributed by atoms with E-state index in [0.717, 1.165) is 0 Å². The van der Waals surface area contributed by atoms with E-state index >= 15 is 4.39 Å². The maximum Gasteiger partial charge on any atom is 0.256 e. The molecular weight excluding hydrogens is 451 g/mol. The molecule has 2 aromatic carbocycles. The van der Waals surface area contributed by atoms with Crippen LogP contribution in [0.5, 0.6) is 0 Å². The summed E-state index contributed by atoms with van der Waals surface area (Å²) < 4.78 is 69.3. The smallest absolute Gasteiger partial charge is 0.256 e. The number of hydrogen-bond donors (Lipinski definition) is 0. The molecule has 0 aliphatic carbocycles. The van der Waals surface area contributed by atoms with Crippen LogP contribution in [0.2, 0.25) is 0 Å². The van der Waals surface area contributed by atoms with Crippen molar-refractivity contribution >= 4 is 25.6 Å². The van der Waals surface area contributed by atoms with E-state index < -0.39 is 32.4 Å². The van der Waals surface area contributed by atoms with Crippen molar-refractivity contribution in [1.29, 1.82) is 0 Å². The normalized spacial score (nSPS) is 13.3. The number of allylic oxidation sites excluding steroid dienone is 1. The maximum atomic E-state index is 15.6. The van der Waals surface area contributed by atoms with Gasteiger partial charge in [0.05, 0.1) is 16.3 Å². The van der Waals surface area contributed by atoms with Crippen LogP contribution in [0.4, 0.5) is 4.39 Å². The third-order valence-electron chi connectivity index (χ3n) is 4.73. The molecule has 0 spiro atoms. The molecule has 1 heterocycles. The number of nitrogens with zero attached hydrogens (tertiary/aromatic N) is 2. The summed E-state index contributed by atoms with van der Waals surface area (Å²) in [6, 6.07) is 17.5. The average Bonchev–Trinajstić information content (AvgIpc) is 2.79. The van der Waals surface area contributed by atoms with Crippen molar-refractivity contribution in [3.05, 3.63) is 96.6 Å². The molecule has 3 rings (SSSR count). The van der Waals surface area contributed by atoms with Crippen LogP contribution >= 0.6 is 0 Å². The van der Waals surface area contributed by atoms with Crippen molar-refractivity contribution < 1.29 is 21.2 Å². The molecule has 0 bridgehead atoms. The second-order valence-electron chi connectivity index (χ2n) is 7.28. The van der Waals surface area contributed by atoms with Crippen LogP contribution in [-0.2, 0) is 20.0 Å². The van der Waals surface area contributed by atoms with E-state index in [1.54, 1.807) is 38.1 Å². The molecule has 0 fully saturated rings. The van der Waals surface area contributed by atoms with Crippen molar-refractivity contribution in [3.63, 3.8) is 0 Å². The number of benzene rings is 2. The van der Waals surface area contributed by atoms with E-state index in [-0.39, 0.29) is 25.0 Å². The van der Waals surface area contributed by atoms with Crippen LogP contribution in [0.15, 0.2) is 101 Å². The highest BCUT2D eigenvalue weighted by molar-refractivity contribution is 8.04. The molecule has 0 aliphatic rings. The van der Waals surface area contributed by atoms with Crippen LogP contribution in [0, 0.1) is 5.92 Å². The van der Waals surface area contributed by atoms with Gasteiger partial charge in [-0.3, -0.25) is 4.98 Å². The lowest BCUT2D eigenvalue weighted by atomic mass is 9.95. The molecule has 1 aromatic heterocycles. The summed E-state index contributed by atoms with van der Waals surface area (Å²) in [6.07, 6.45) is 2.99. The largest absolute Gasteiger partial charge is 0.264 e. The van der Waals surface area contributed by atoms with E-state index in [4.69, 9.17) is 0 Å². The van der Waals surface area contributed by atoms with E-state index in [9.17, 15) is 16.8 Å². The molecule has 0 amide bonds. The number of pyridine rings is 1. The number of halogens is 1. The van der Waals surface area contributed by atoms with Gasteiger partial charge in [0.1, 0.15) is 5.83 Å². The van der Waals surface area contributed by atoms with Crippen molar-refractivity contribution in [2.75, 3.05) is 6.54 Å². The highest BCUT2D eigenvalue weighted by Gasteiger charge is 2.38. The van der Waals surface area contributed by atoms with E-state index in [1.807, 2.05) is 0 Å². The van der Waals surface area contributed by atoms with Crippen LogP contribution in [-0.4, -0.2) is 32.1 Å². The van der Waals surface area contributed by atoms with Gasteiger partial charge in [0, 0.05) is 12.4 Å². The third-order valence-corrected chi connectivity index (χ3v) is 8.97. The maximum absolute atomic E-state index is 15.6. The molecule has 0 radical (unpaired) electrons. The molecule has 0 N–H and O–H groups in total.